The highest BCUT2D eigenvalue weighted by Gasteiger charge is 2.35. The Labute approximate surface area is 150 Å². The Kier molecular flexibility index (Phi) is 6.80. The van der Waals surface area contributed by atoms with Gasteiger partial charge in [-0.25, -0.2) is 4.79 Å². The second-order valence-corrected chi connectivity index (χ2v) is 8.52. The number of benzene rings is 1. The van der Waals surface area contributed by atoms with Crippen LogP contribution in [0.1, 0.15) is 33.1 Å². The Morgan fingerprint density at radius 3 is 2.60 bits per heavy atom. The molecule has 1 unspecified atom stereocenters. The fraction of sp³-hybridized carbons (Fsp3) is 0.588. The highest BCUT2D eigenvalue weighted by Crippen LogP contribution is 2.22. The van der Waals surface area contributed by atoms with E-state index in [9.17, 15) is 13.2 Å². The molecule has 0 saturated carbocycles. The van der Waals surface area contributed by atoms with Crippen molar-refractivity contribution in [1.82, 2.24) is 13.9 Å². The predicted octanol–water partition coefficient (Wildman–Crippen LogP) is 2.25. The molecule has 2 amide bonds. The fourth-order valence-corrected chi connectivity index (χ4v) is 4.60. The van der Waals surface area contributed by atoms with Crippen molar-refractivity contribution < 1.29 is 13.2 Å². The van der Waals surface area contributed by atoms with Crippen LogP contribution >= 0.6 is 0 Å². The first-order valence-corrected chi connectivity index (χ1v) is 10.1. The van der Waals surface area contributed by atoms with E-state index in [-0.39, 0.29) is 18.1 Å². The quantitative estimate of drug-likeness (QED) is 0.808. The van der Waals surface area contributed by atoms with E-state index in [1.807, 2.05) is 32.0 Å². The van der Waals surface area contributed by atoms with Gasteiger partial charge in [0.25, 0.3) is 10.2 Å². The summed E-state index contributed by atoms with van der Waals surface area (Å²) in [4.78, 5) is 12.1. The fourth-order valence-electron chi connectivity index (χ4n) is 2.82. The van der Waals surface area contributed by atoms with E-state index in [1.54, 1.807) is 19.2 Å². The number of hydrogen-bond acceptors (Lipinski definition) is 3. The van der Waals surface area contributed by atoms with Gasteiger partial charge in [-0.15, -0.1) is 0 Å². The summed E-state index contributed by atoms with van der Waals surface area (Å²) >= 11 is 0. The van der Waals surface area contributed by atoms with E-state index in [1.165, 1.54) is 8.61 Å². The molecule has 8 heteroatoms. The molecule has 0 spiro atoms. The van der Waals surface area contributed by atoms with Crippen LogP contribution in [0.25, 0.3) is 0 Å². The third-order valence-corrected chi connectivity index (χ3v) is 6.71. The summed E-state index contributed by atoms with van der Waals surface area (Å²) in [5, 5.41) is 5.54. The summed E-state index contributed by atoms with van der Waals surface area (Å²) in [6, 6.07) is 8.50. The molecule has 7 nitrogen and oxygen atoms in total. The van der Waals surface area contributed by atoms with E-state index < -0.39 is 10.2 Å². The molecule has 25 heavy (non-hydrogen) atoms. The maximum Gasteiger partial charge on any atom is 0.319 e. The first-order chi connectivity index (χ1) is 11.8. The number of rotatable bonds is 6. The minimum absolute atomic E-state index is 0.109. The van der Waals surface area contributed by atoms with E-state index in [0.29, 0.717) is 18.8 Å². The van der Waals surface area contributed by atoms with Crippen LogP contribution in [0.4, 0.5) is 10.5 Å². The number of para-hydroxylation sites is 1. The summed E-state index contributed by atoms with van der Waals surface area (Å²) in [6.45, 7) is 4.49. The molecule has 140 valence electrons. The summed E-state index contributed by atoms with van der Waals surface area (Å²) in [6.07, 6.45) is 2.55. The van der Waals surface area contributed by atoms with Crippen molar-refractivity contribution in [1.29, 1.82) is 0 Å². The van der Waals surface area contributed by atoms with Gasteiger partial charge >= 0.3 is 6.03 Å². The number of nitrogens with zero attached hydrogens (tertiary/aromatic N) is 2. The molecule has 2 N–H and O–H groups in total. The van der Waals surface area contributed by atoms with Gasteiger partial charge in [-0.05, 0) is 38.8 Å². The van der Waals surface area contributed by atoms with Gasteiger partial charge in [-0.3, -0.25) is 0 Å². The minimum atomic E-state index is -3.52. The topological polar surface area (TPSA) is 81.8 Å². The van der Waals surface area contributed by atoms with Crippen LogP contribution < -0.4 is 10.6 Å². The second kappa shape index (κ2) is 8.64. The highest BCUT2D eigenvalue weighted by atomic mass is 32.2. The zero-order valence-electron chi connectivity index (χ0n) is 15.1. The number of carbonyl (C=O) groups excluding carboxylic acids is 1. The van der Waals surface area contributed by atoms with Gasteiger partial charge in [0.15, 0.2) is 0 Å². The monoisotopic (exact) mass is 368 g/mol. The molecule has 1 atom stereocenters. The third-order valence-electron chi connectivity index (χ3n) is 4.49. The van der Waals surface area contributed by atoms with Crippen molar-refractivity contribution in [2.24, 2.45) is 0 Å². The van der Waals surface area contributed by atoms with Gasteiger partial charge < -0.3 is 10.6 Å². The van der Waals surface area contributed by atoms with Crippen LogP contribution in [-0.2, 0) is 10.2 Å². The Balaban J connectivity index is 1.98. The predicted molar refractivity (Wildman–Crippen MR) is 99.6 cm³/mol. The number of nitrogens with one attached hydrogen (secondary N) is 2. The van der Waals surface area contributed by atoms with Gasteiger partial charge in [0, 0.05) is 37.9 Å². The molecule has 1 aliphatic heterocycles. The maximum atomic E-state index is 12.8. The van der Waals surface area contributed by atoms with Crippen molar-refractivity contribution in [3.63, 3.8) is 0 Å². The smallest absolute Gasteiger partial charge is 0.319 e. The van der Waals surface area contributed by atoms with Gasteiger partial charge in [-0.2, -0.15) is 17.0 Å². The van der Waals surface area contributed by atoms with Gasteiger partial charge in [0.05, 0.1) is 0 Å². The first kappa shape index (κ1) is 19.7. The molecule has 0 bridgehead atoms. The normalized spacial score (nSPS) is 19.2. The zero-order chi connectivity index (χ0) is 18.4. The van der Waals surface area contributed by atoms with E-state index in [0.717, 1.165) is 19.3 Å². The van der Waals surface area contributed by atoms with Crippen molar-refractivity contribution in [3.8, 4) is 0 Å². The van der Waals surface area contributed by atoms with Crippen LogP contribution in [0, 0.1) is 0 Å². The number of amides is 2. The van der Waals surface area contributed by atoms with Crippen LogP contribution in [0.3, 0.4) is 0 Å². The molecule has 1 fully saturated rings. The molecule has 0 radical (unpaired) electrons. The number of piperidine rings is 1. The lowest BCUT2D eigenvalue weighted by Gasteiger charge is -2.38. The van der Waals surface area contributed by atoms with Crippen LogP contribution in [-0.4, -0.2) is 55.3 Å². The van der Waals surface area contributed by atoms with Crippen LogP contribution in [0.5, 0.6) is 0 Å². The minimum Gasteiger partial charge on any atom is -0.336 e. The van der Waals surface area contributed by atoms with Gasteiger partial charge in [0.1, 0.15) is 0 Å². The molecule has 1 heterocycles. The number of carbonyl (C=O) groups is 1. The van der Waals surface area contributed by atoms with Gasteiger partial charge in [0.2, 0.25) is 0 Å². The number of hydrogen-bond donors (Lipinski definition) is 2. The van der Waals surface area contributed by atoms with E-state index in [4.69, 9.17) is 0 Å². The SMILES string of the molecule is CC(C)N(C)S(=O)(=O)N1CCCCC1CNC(=O)Nc1ccccc1. The van der Waals surface area contributed by atoms with E-state index >= 15 is 0 Å². The molecule has 1 saturated heterocycles. The molecular weight excluding hydrogens is 340 g/mol. The van der Waals surface area contributed by atoms with Crippen molar-refractivity contribution >= 4 is 21.9 Å². The van der Waals surface area contributed by atoms with Crippen LogP contribution in [0.2, 0.25) is 0 Å². The molecule has 0 aliphatic carbocycles. The van der Waals surface area contributed by atoms with Gasteiger partial charge in [-0.1, -0.05) is 24.6 Å². The summed E-state index contributed by atoms with van der Waals surface area (Å²) in [7, 11) is -1.92. The lowest BCUT2D eigenvalue weighted by atomic mass is 10.1. The van der Waals surface area contributed by atoms with E-state index in [2.05, 4.69) is 10.6 Å². The van der Waals surface area contributed by atoms with Crippen molar-refractivity contribution in [2.75, 3.05) is 25.5 Å². The largest absolute Gasteiger partial charge is 0.336 e. The Morgan fingerprint density at radius 2 is 1.96 bits per heavy atom. The zero-order valence-corrected chi connectivity index (χ0v) is 15.9. The van der Waals surface area contributed by atoms with Crippen molar-refractivity contribution in [2.45, 2.75) is 45.2 Å². The second-order valence-electron chi connectivity index (χ2n) is 6.58. The average Bonchev–Trinajstić information content (AvgIpc) is 2.60. The maximum absolute atomic E-state index is 12.8. The first-order valence-electron chi connectivity index (χ1n) is 8.67. The van der Waals surface area contributed by atoms with Crippen molar-refractivity contribution in [3.05, 3.63) is 30.3 Å². The highest BCUT2D eigenvalue weighted by molar-refractivity contribution is 7.86. The van der Waals surface area contributed by atoms with Crippen LogP contribution in [0.15, 0.2) is 30.3 Å². The Hall–Kier alpha value is -1.64. The molecule has 1 aromatic rings. The number of urea groups is 1. The average molecular weight is 369 g/mol. The summed E-state index contributed by atoms with van der Waals surface area (Å²) in [5.41, 5.74) is 0.702. The molecule has 1 aliphatic rings. The lowest BCUT2D eigenvalue weighted by molar-refractivity contribution is 0.219. The third kappa shape index (κ3) is 5.17. The molecule has 2 rings (SSSR count). The summed E-state index contributed by atoms with van der Waals surface area (Å²) in [5.74, 6) is 0. The Bertz CT molecular complexity index is 664. The summed E-state index contributed by atoms with van der Waals surface area (Å²) < 4.78 is 28.5. The number of anilines is 1. The Morgan fingerprint density at radius 1 is 1.28 bits per heavy atom. The molecule has 0 aromatic heterocycles. The molecular formula is C17H28N4O3S. The standard InChI is InChI=1S/C17H28N4O3S/c1-14(2)20(3)25(23,24)21-12-8-7-11-16(21)13-18-17(22)19-15-9-5-4-6-10-15/h4-6,9-10,14,16H,7-8,11-13H2,1-3H3,(H2,18,19,22). The lowest BCUT2D eigenvalue weighted by Crippen LogP contribution is -2.54. The molecule has 1 aromatic carbocycles.